The number of amides is 1. The molecule has 1 aromatic rings. The van der Waals surface area contributed by atoms with Crippen LogP contribution < -0.4 is 10.5 Å². The van der Waals surface area contributed by atoms with E-state index in [2.05, 4.69) is 4.74 Å². The van der Waals surface area contributed by atoms with Crippen molar-refractivity contribution in [3.05, 3.63) is 28.3 Å². The molecule has 0 saturated heterocycles. The highest BCUT2D eigenvalue weighted by atomic mass is 35.5. The monoisotopic (exact) mass is 253 g/mol. The highest BCUT2D eigenvalue weighted by Crippen LogP contribution is 2.37. The summed E-state index contributed by atoms with van der Waals surface area (Å²) in [4.78, 5) is 10.9. The highest BCUT2D eigenvalue weighted by Gasteiger charge is 2.33. The van der Waals surface area contributed by atoms with Crippen molar-refractivity contribution in [1.29, 1.82) is 0 Å². The topological polar surface area (TPSA) is 52.3 Å². The van der Waals surface area contributed by atoms with Gasteiger partial charge in [0.2, 0.25) is 5.91 Å². The fourth-order valence-corrected chi connectivity index (χ4v) is 1.37. The van der Waals surface area contributed by atoms with Crippen molar-refractivity contribution < 1.29 is 22.7 Å². The summed E-state index contributed by atoms with van der Waals surface area (Å²) < 4.78 is 41.9. The van der Waals surface area contributed by atoms with Crippen LogP contribution in [0.25, 0.3) is 0 Å². The van der Waals surface area contributed by atoms with Gasteiger partial charge in [-0.3, -0.25) is 4.79 Å². The number of ether oxygens (including phenoxy) is 1. The van der Waals surface area contributed by atoms with Gasteiger partial charge in [0.25, 0.3) is 0 Å². The average molecular weight is 254 g/mol. The number of carbonyl (C=O) groups excluding carboxylic acids is 1. The smallest absolute Gasteiger partial charge is 0.416 e. The van der Waals surface area contributed by atoms with Crippen LogP contribution in [0.5, 0.6) is 5.75 Å². The zero-order chi connectivity index (χ0) is 12.5. The molecule has 3 nitrogen and oxygen atoms in total. The number of methoxy groups -OCH3 is 1. The van der Waals surface area contributed by atoms with E-state index >= 15 is 0 Å². The number of rotatable bonds is 2. The number of nitrogens with two attached hydrogens (primary N) is 1. The van der Waals surface area contributed by atoms with Gasteiger partial charge in [0, 0.05) is 0 Å². The summed E-state index contributed by atoms with van der Waals surface area (Å²) in [5.74, 6) is -1.29. The summed E-state index contributed by atoms with van der Waals surface area (Å²) in [6, 6.07) is 1.29. The molecule has 1 amide bonds. The minimum atomic E-state index is -4.60. The van der Waals surface area contributed by atoms with Gasteiger partial charge >= 0.3 is 6.18 Å². The minimum absolute atomic E-state index is 0.233. The van der Waals surface area contributed by atoms with Crippen molar-refractivity contribution in [3.63, 3.8) is 0 Å². The molecule has 0 fully saturated rings. The Morgan fingerprint density at radius 1 is 1.44 bits per heavy atom. The second kappa shape index (κ2) is 4.21. The van der Waals surface area contributed by atoms with E-state index in [1.54, 1.807) is 0 Å². The van der Waals surface area contributed by atoms with Gasteiger partial charge in [-0.1, -0.05) is 11.6 Å². The Morgan fingerprint density at radius 2 is 2.00 bits per heavy atom. The molecule has 0 aromatic heterocycles. The van der Waals surface area contributed by atoms with Crippen molar-refractivity contribution in [2.24, 2.45) is 5.73 Å². The van der Waals surface area contributed by atoms with Crippen LogP contribution in [0.4, 0.5) is 13.2 Å². The molecule has 0 aliphatic carbocycles. The van der Waals surface area contributed by atoms with Gasteiger partial charge < -0.3 is 10.5 Å². The number of primary amides is 1. The van der Waals surface area contributed by atoms with E-state index < -0.39 is 23.2 Å². The average Bonchev–Trinajstić information content (AvgIpc) is 2.15. The summed E-state index contributed by atoms with van der Waals surface area (Å²) >= 11 is 5.63. The molecule has 0 spiro atoms. The van der Waals surface area contributed by atoms with Crippen LogP contribution in [-0.2, 0) is 6.18 Å². The maximum Gasteiger partial charge on any atom is 0.416 e. The van der Waals surface area contributed by atoms with E-state index in [9.17, 15) is 18.0 Å². The SMILES string of the molecule is COc1cc(C(F)(F)F)cc(C(N)=O)c1Cl. The number of benzene rings is 1. The first kappa shape index (κ1) is 12.6. The molecule has 0 aliphatic rings. The molecule has 0 saturated carbocycles. The second-order valence-corrected chi connectivity index (χ2v) is 3.28. The van der Waals surface area contributed by atoms with Crippen LogP contribution in [0.15, 0.2) is 12.1 Å². The maximum absolute atomic E-state index is 12.4. The summed E-state index contributed by atoms with van der Waals surface area (Å²) in [6.45, 7) is 0. The van der Waals surface area contributed by atoms with Crippen molar-refractivity contribution in [3.8, 4) is 5.75 Å². The Morgan fingerprint density at radius 3 is 2.38 bits per heavy atom. The largest absolute Gasteiger partial charge is 0.495 e. The Balaban J connectivity index is 3.46. The first-order valence-corrected chi connectivity index (χ1v) is 4.39. The molecule has 7 heteroatoms. The summed E-state index contributed by atoms with van der Waals surface area (Å²) in [5.41, 5.74) is 3.44. The molecule has 1 rings (SSSR count). The van der Waals surface area contributed by atoms with Gasteiger partial charge in [-0.2, -0.15) is 13.2 Å². The lowest BCUT2D eigenvalue weighted by atomic mass is 10.1. The van der Waals surface area contributed by atoms with Gasteiger partial charge in [-0.15, -0.1) is 0 Å². The molecule has 0 radical (unpaired) electrons. The molecular formula is C9H7ClF3NO2. The van der Waals surface area contributed by atoms with Crippen molar-refractivity contribution in [2.45, 2.75) is 6.18 Å². The van der Waals surface area contributed by atoms with Crippen LogP contribution in [0.2, 0.25) is 5.02 Å². The number of hydrogen-bond acceptors (Lipinski definition) is 2. The van der Waals surface area contributed by atoms with E-state index in [1.165, 1.54) is 0 Å². The van der Waals surface area contributed by atoms with Crippen LogP contribution in [-0.4, -0.2) is 13.0 Å². The fourth-order valence-electron chi connectivity index (χ4n) is 1.09. The Bertz CT molecular complexity index is 431. The number of halogens is 4. The normalized spacial score (nSPS) is 11.3. The lowest BCUT2D eigenvalue weighted by Crippen LogP contribution is -2.15. The summed E-state index contributed by atoms with van der Waals surface area (Å²) in [6.07, 6.45) is -4.60. The summed E-state index contributed by atoms with van der Waals surface area (Å²) in [7, 11) is 1.14. The predicted octanol–water partition coefficient (Wildman–Crippen LogP) is 2.47. The number of carbonyl (C=O) groups is 1. The first-order valence-electron chi connectivity index (χ1n) is 4.02. The third-order valence-electron chi connectivity index (χ3n) is 1.85. The van der Waals surface area contributed by atoms with Crippen molar-refractivity contribution in [1.82, 2.24) is 0 Å². The van der Waals surface area contributed by atoms with Crippen LogP contribution in [0, 0.1) is 0 Å². The van der Waals surface area contributed by atoms with E-state index in [0.717, 1.165) is 7.11 Å². The molecular weight excluding hydrogens is 247 g/mol. The third kappa shape index (κ3) is 2.38. The molecule has 88 valence electrons. The molecule has 16 heavy (non-hydrogen) atoms. The quantitative estimate of drug-likeness (QED) is 0.880. The highest BCUT2D eigenvalue weighted by molar-refractivity contribution is 6.35. The zero-order valence-electron chi connectivity index (χ0n) is 8.06. The zero-order valence-corrected chi connectivity index (χ0v) is 8.82. The van der Waals surface area contributed by atoms with E-state index in [0.29, 0.717) is 12.1 Å². The second-order valence-electron chi connectivity index (χ2n) is 2.90. The Hall–Kier alpha value is -1.43. The molecule has 0 unspecified atom stereocenters. The first-order chi connectivity index (χ1) is 7.27. The lowest BCUT2D eigenvalue weighted by molar-refractivity contribution is -0.137. The van der Waals surface area contributed by atoms with Crippen molar-refractivity contribution >= 4 is 17.5 Å². The van der Waals surface area contributed by atoms with Crippen LogP contribution >= 0.6 is 11.6 Å². The molecule has 0 bridgehead atoms. The molecule has 0 atom stereocenters. The fraction of sp³-hybridized carbons (Fsp3) is 0.222. The molecule has 0 aliphatic heterocycles. The number of hydrogen-bond donors (Lipinski definition) is 1. The van der Waals surface area contributed by atoms with E-state index in [4.69, 9.17) is 17.3 Å². The lowest BCUT2D eigenvalue weighted by Gasteiger charge is -2.12. The van der Waals surface area contributed by atoms with Gasteiger partial charge in [0.1, 0.15) is 5.75 Å². The van der Waals surface area contributed by atoms with Gasteiger partial charge in [0.05, 0.1) is 23.3 Å². The van der Waals surface area contributed by atoms with Crippen molar-refractivity contribution in [2.75, 3.05) is 7.11 Å². The van der Waals surface area contributed by atoms with Crippen LogP contribution in [0.1, 0.15) is 15.9 Å². The standard InChI is InChI=1S/C9H7ClF3NO2/c1-16-6-3-4(9(11,12)13)2-5(7(6)10)8(14)15/h2-3H,1H3,(H2,14,15). The number of alkyl halides is 3. The molecule has 1 aromatic carbocycles. The minimum Gasteiger partial charge on any atom is -0.495 e. The van der Waals surface area contributed by atoms with Gasteiger partial charge in [-0.25, -0.2) is 0 Å². The van der Waals surface area contributed by atoms with E-state index in [1.807, 2.05) is 0 Å². The van der Waals surface area contributed by atoms with Crippen LogP contribution in [0.3, 0.4) is 0 Å². The van der Waals surface area contributed by atoms with E-state index in [-0.39, 0.29) is 10.8 Å². The van der Waals surface area contributed by atoms with Gasteiger partial charge in [0.15, 0.2) is 0 Å². The molecule has 2 N–H and O–H groups in total. The molecule has 0 heterocycles. The summed E-state index contributed by atoms with van der Waals surface area (Å²) in [5, 5.41) is -0.233. The third-order valence-corrected chi connectivity index (χ3v) is 2.24. The Labute approximate surface area is 93.9 Å². The predicted molar refractivity (Wildman–Crippen MR) is 51.5 cm³/mol. The van der Waals surface area contributed by atoms with Gasteiger partial charge in [-0.05, 0) is 12.1 Å². The Kier molecular flexibility index (Phi) is 3.32. The maximum atomic E-state index is 12.4.